The Morgan fingerprint density at radius 3 is 2.25 bits per heavy atom. The molecule has 6 nitrogen and oxygen atoms in total. The highest BCUT2D eigenvalue weighted by Gasteiger charge is 2.27. The van der Waals surface area contributed by atoms with Crippen LogP contribution in [0.2, 0.25) is 0 Å². The van der Waals surface area contributed by atoms with Crippen molar-refractivity contribution in [2.45, 2.75) is 39.3 Å². The summed E-state index contributed by atoms with van der Waals surface area (Å²) in [4.78, 5) is 21.8. The molecule has 0 unspecified atom stereocenters. The van der Waals surface area contributed by atoms with Crippen molar-refractivity contribution in [2.75, 3.05) is 6.54 Å². The average molecular weight is 232 g/mol. The lowest BCUT2D eigenvalue weighted by Gasteiger charge is -2.25. The van der Waals surface area contributed by atoms with E-state index in [0.29, 0.717) is 0 Å². The van der Waals surface area contributed by atoms with Gasteiger partial charge in [-0.3, -0.25) is 4.79 Å². The molecule has 6 heteroatoms. The van der Waals surface area contributed by atoms with Gasteiger partial charge in [0.1, 0.15) is 0 Å². The predicted molar refractivity (Wildman–Crippen MR) is 58.7 cm³/mol. The molecule has 0 aromatic heterocycles. The number of carbonyl (C=O) groups is 2. The Morgan fingerprint density at radius 2 is 1.88 bits per heavy atom. The second kappa shape index (κ2) is 5.81. The first-order chi connectivity index (χ1) is 7.16. The average Bonchev–Trinajstić information content (AvgIpc) is 2.14. The maximum Gasteiger partial charge on any atom is 0.332 e. The lowest BCUT2D eigenvalue weighted by molar-refractivity contribution is -0.147. The van der Waals surface area contributed by atoms with E-state index in [1.165, 1.54) is 0 Å². The summed E-state index contributed by atoms with van der Waals surface area (Å²) in [7, 11) is 0. The van der Waals surface area contributed by atoms with Crippen LogP contribution < -0.4 is 11.1 Å². The number of carboxylic acid groups (broad SMARTS) is 1. The molecule has 0 aromatic rings. The molecule has 0 aliphatic carbocycles. The molecule has 0 saturated carbocycles. The second-order valence-electron chi connectivity index (χ2n) is 4.78. The fourth-order valence-electron chi connectivity index (χ4n) is 0.959. The summed E-state index contributed by atoms with van der Waals surface area (Å²) in [6.45, 7) is 5.60. The maximum atomic E-state index is 11.5. The molecule has 0 bridgehead atoms. The topological polar surface area (TPSA) is 113 Å². The molecule has 0 heterocycles. The molecule has 0 radical (unpaired) electrons. The van der Waals surface area contributed by atoms with Crippen molar-refractivity contribution >= 4 is 11.9 Å². The Bertz CT molecular complexity index is 260. The summed E-state index contributed by atoms with van der Waals surface area (Å²) in [6, 6.07) is -0.658. The number of aliphatic carboxylic acids is 1. The minimum atomic E-state index is -1.45. The number of carbonyl (C=O) groups excluding carboxylic acids is 1. The van der Waals surface area contributed by atoms with Gasteiger partial charge in [0.25, 0.3) is 0 Å². The van der Waals surface area contributed by atoms with Crippen LogP contribution in [0.1, 0.15) is 27.2 Å². The quantitative estimate of drug-likeness (QED) is 0.501. The third kappa shape index (κ3) is 5.09. The number of rotatable bonds is 5. The molecule has 2 atom stereocenters. The van der Waals surface area contributed by atoms with E-state index in [2.05, 4.69) is 5.32 Å². The van der Waals surface area contributed by atoms with E-state index in [4.69, 9.17) is 15.9 Å². The Hall–Kier alpha value is -1.14. The van der Waals surface area contributed by atoms with Crippen LogP contribution in [0.4, 0.5) is 0 Å². The zero-order chi connectivity index (χ0) is 12.9. The second-order valence-corrected chi connectivity index (χ2v) is 4.78. The van der Waals surface area contributed by atoms with Crippen molar-refractivity contribution in [2.24, 2.45) is 11.1 Å². The fraction of sp³-hybridized carbons (Fsp3) is 0.800. The number of nitrogens with two attached hydrogens (primary N) is 1. The van der Waals surface area contributed by atoms with Crippen LogP contribution in [-0.4, -0.2) is 40.8 Å². The fourth-order valence-corrected chi connectivity index (χ4v) is 0.959. The summed E-state index contributed by atoms with van der Waals surface area (Å²) >= 11 is 0. The highest BCUT2D eigenvalue weighted by atomic mass is 16.4. The molecule has 0 saturated heterocycles. The number of nitrogens with one attached hydrogen (secondary N) is 1. The van der Waals surface area contributed by atoms with Gasteiger partial charge in [-0.05, 0) is 5.41 Å². The molecule has 0 aliphatic heterocycles. The molecular weight excluding hydrogens is 212 g/mol. The summed E-state index contributed by atoms with van der Waals surface area (Å²) in [5, 5.41) is 19.8. The molecule has 0 aliphatic rings. The van der Waals surface area contributed by atoms with E-state index >= 15 is 0 Å². The Morgan fingerprint density at radius 1 is 1.38 bits per heavy atom. The van der Waals surface area contributed by atoms with Crippen molar-refractivity contribution < 1.29 is 19.8 Å². The minimum Gasteiger partial charge on any atom is -0.479 e. The largest absolute Gasteiger partial charge is 0.479 e. The SMILES string of the molecule is CC(C)(C)[C@H](N)C(=O)NCC[C@H](O)C(=O)O. The van der Waals surface area contributed by atoms with Gasteiger partial charge in [0.2, 0.25) is 5.91 Å². The molecule has 0 rings (SSSR count). The highest BCUT2D eigenvalue weighted by molar-refractivity contribution is 5.82. The summed E-state index contributed by atoms with van der Waals surface area (Å²) < 4.78 is 0. The van der Waals surface area contributed by atoms with Gasteiger partial charge in [-0.25, -0.2) is 4.79 Å². The van der Waals surface area contributed by atoms with Crippen LogP contribution in [0.3, 0.4) is 0 Å². The van der Waals surface area contributed by atoms with Crippen molar-refractivity contribution in [1.82, 2.24) is 5.32 Å². The number of aliphatic hydroxyl groups excluding tert-OH is 1. The lowest BCUT2D eigenvalue weighted by Crippen LogP contribution is -2.49. The van der Waals surface area contributed by atoms with Crippen molar-refractivity contribution in [3.63, 3.8) is 0 Å². The summed E-state index contributed by atoms with van der Waals surface area (Å²) in [6.07, 6.45) is -1.48. The first kappa shape index (κ1) is 14.9. The smallest absolute Gasteiger partial charge is 0.332 e. The number of hydrogen-bond acceptors (Lipinski definition) is 4. The van der Waals surface area contributed by atoms with E-state index in [0.717, 1.165) is 0 Å². The Labute approximate surface area is 94.8 Å². The molecule has 1 amide bonds. The zero-order valence-corrected chi connectivity index (χ0v) is 9.86. The lowest BCUT2D eigenvalue weighted by atomic mass is 9.87. The van der Waals surface area contributed by atoms with E-state index in [1.54, 1.807) is 0 Å². The van der Waals surface area contributed by atoms with Gasteiger partial charge in [-0.15, -0.1) is 0 Å². The van der Waals surface area contributed by atoms with Gasteiger partial charge < -0.3 is 21.3 Å². The van der Waals surface area contributed by atoms with E-state index in [1.807, 2.05) is 20.8 Å². The van der Waals surface area contributed by atoms with E-state index in [-0.39, 0.29) is 24.3 Å². The monoisotopic (exact) mass is 232 g/mol. The van der Waals surface area contributed by atoms with Crippen LogP contribution >= 0.6 is 0 Å². The molecule has 0 aromatic carbocycles. The van der Waals surface area contributed by atoms with Crippen LogP contribution in [0.15, 0.2) is 0 Å². The normalized spacial score (nSPS) is 15.3. The van der Waals surface area contributed by atoms with Gasteiger partial charge in [0, 0.05) is 13.0 Å². The number of amides is 1. The van der Waals surface area contributed by atoms with E-state index in [9.17, 15) is 9.59 Å². The standard InChI is InChI=1S/C10H20N2O4/c1-10(2,3)7(11)8(14)12-5-4-6(13)9(15)16/h6-7,13H,4-5,11H2,1-3H3,(H,12,14)(H,15,16)/t6-,7+/m0/s1. The maximum absolute atomic E-state index is 11.5. The zero-order valence-electron chi connectivity index (χ0n) is 9.86. The molecule has 94 valence electrons. The van der Waals surface area contributed by atoms with Crippen molar-refractivity contribution in [1.29, 1.82) is 0 Å². The molecular formula is C10H20N2O4. The van der Waals surface area contributed by atoms with Gasteiger partial charge in [0.05, 0.1) is 6.04 Å². The van der Waals surface area contributed by atoms with Crippen LogP contribution in [-0.2, 0) is 9.59 Å². The first-order valence-electron chi connectivity index (χ1n) is 5.10. The number of aliphatic hydroxyl groups is 1. The minimum absolute atomic E-state index is 0.0298. The van der Waals surface area contributed by atoms with Crippen LogP contribution in [0, 0.1) is 5.41 Å². The van der Waals surface area contributed by atoms with Crippen molar-refractivity contribution in [3.05, 3.63) is 0 Å². The van der Waals surface area contributed by atoms with Crippen LogP contribution in [0.5, 0.6) is 0 Å². The third-order valence-electron chi connectivity index (χ3n) is 2.22. The Balaban J connectivity index is 3.96. The number of carboxylic acids is 1. The van der Waals surface area contributed by atoms with Crippen molar-refractivity contribution in [3.8, 4) is 0 Å². The summed E-state index contributed by atoms with van der Waals surface area (Å²) in [5.41, 5.74) is 5.33. The molecule has 0 fully saturated rings. The summed E-state index contributed by atoms with van der Waals surface area (Å²) in [5.74, 6) is -1.64. The third-order valence-corrected chi connectivity index (χ3v) is 2.22. The van der Waals surface area contributed by atoms with Gasteiger partial charge >= 0.3 is 5.97 Å². The van der Waals surface area contributed by atoms with Gasteiger partial charge in [0.15, 0.2) is 6.10 Å². The van der Waals surface area contributed by atoms with Gasteiger partial charge in [-0.1, -0.05) is 20.8 Å². The number of hydrogen-bond donors (Lipinski definition) is 4. The molecule has 16 heavy (non-hydrogen) atoms. The van der Waals surface area contributed by atoms with Gasteiger partial charge in [-0.2, -0.15) is 0 Å². The molecule has 0 spiro atoms. The van der Waals surface area contributed by atoms with Crippen LogP contribution in [0.25, 0.3) is 0 Å². The highest BCUT2D eigenvalue weighted by Crippen LogP contribution is 2.16. The first-order valence-corrected chi connectivity index (χ1v) is 5.10. The molecule has 5 N–H and O–H groups in total. The van der Waals surface area contributed by atoms with E-state index < -0.39 is 18.1 Å². The predicted octanol–water partition coefficient (Wildman–Crippen LogP) is -0.688. The Kier molecular flexibility index (Phi) is 5.40.